The van der Waals surface area contributed by atoms with Crippen LogP contribution < -0.4 is 0 Å². The SMILES string of the molecule is COC(CCCCCCCCCCCCN1CCN(C)C1)(OC)OC. The minimum Gasteiger partial charge on any atom is -0.331 e. The molecule has 0 N–H and O–H groups in total. The van der Waals surface area contributed by atoms with E-state index in [9.17, 15) is 0 Å². The van der Waals surface area contributed by atoms with E-state index in [4.69, 9.17) is 14.2 Å². The summed E-state index contributed by atoms with van der Waals surface area (Å²) >= 11 is 0. The molecule has 0 radical (unpaired) electrons. The van der Waals surface area contributed by atoms with Crippen molar-refractivity contribution in [3.63, 3.8) is 0 Å². The van der Waals surface area contributed by atoms with E-state index in [-0.39, 0.29) is 0 Å². The zero-order chi connectivity index (χ0) is 18.4. The van der Waals surface area contributed by atoms with Crippen LogP contribution in [0.4, 0.5) is 0 Å². The van der Waals surface area contributed by atoms with Gasteiger partial charge >= 0.3 is 0 Å². The van der Waals surface area contributed by atoms with Gasteiger partial charge in [0.25, 0.3) is 5.97 Å². The third-order valence-electron chi connectivity index (χ3n) is 5.38. The van der Waals surface area contributed by atoms with Gasteiger partial charge in [-0.1, -0.05) is 51.4 Å². The van der Waals surface area contributed by atoms with Crippen molar-refractivity contribution in [2.24, 2.45) is 0 Å². The smallest absolute Gasteiger partial charge is 0.282 e. The lowest BCUT2D eigenvalue weighted by molar-refractivity contribution is -0.355. The fraction of sp³-hybridized carbons (Fsp3) is 1.00. The average molecular weight is 359 g/mol. The van der Waals surface area contributed by atoms with Crippen LogP contribution in [0.5, 0.6) is 0 Å². The molecule has 0 bridgehead atoms. The van der Waals surface area contributed by atoms with Crippen LogP contribution in [-0.2, 0) is 14.2 Å². The van der Waals surface area contributed by atoms with Crippen molar-refractivity contribution in [3.8, 4) is 0 Å². The number of unbranched alkanes of at least 4 members (excludes halogenated alkanes) is 9. The van der Waals surface area contributed by atoms with Crippen LogP contribution in [0.3, 0.4) is 0 Å². The molecule has 5 nitrogen and oxygen atoms in total. The van der Waals surface area contributed by atoms with E-state index in [0.717, 1.165) is 12.8 Å². The molecule has 0 aliphatic carbocycles. The first-order chi connectivity index (χ1) is 12.2. The topological polar surface area (TPSA) is 34.2 Å². The molecule has 0 spiro atoms. The lowest BCUT2D eigenvalue weighted by atomic mass is 10.1. The average Bonchev–Trinajstić information content (AvgIpc) is 3.05. The molecule has 1 fully saturated rings. The molecule has 1 heterocycles. The molecule has 1 aliphatic rings. The maximum atomic E-state index is 5.32. The largest absolute Gasteiger partial charge is 0.331 e. The van der Waals surface area contributed by atoms with Crippen molar-refractivity contribution in [2.45, 2.75) is 76.6 Å². The summed E-state index contributed by atoms with van der Waals surface area (Å²) in [4.78, 5) is 4.98. The van der Waals surface area contributed by atoms with E-state index < -0.39 is 5.97 Å². The van der Waals surface area contributed by atoms with E-state index in [1.54, 1.807) is 21.3 Å². The monoisotopic (exact) mass is 358 g/mol. The first-order valence-electron chi connectivity index (χ1n) is 10.2. The first kappa shape index (κ1) is 22.8. The number of nitrogens with zero attached hydrogens (tertiary/aromatic N) is 2. The Morgan fingerprint density at radius 3 is 1.60 bits per heavy atom. The molecule has 0 aromatic heterocycles. The Kier molecular flexibility index (Phi) is 12.7. The number of rotatable bonds is 16. The van der Waals surface area contributed by atoms with E-state index in [1.165, 1.54) is 84.1 Å². The van der Waals surface area contributed by atoms with E-state index in [1.807, 2.05) is 0 Å². The molecule has 1 aliphatic heterocycles. The molecule has 0 saturated carbocycles. The molecule has 150 valence electrons. The first-order valence-corrected chi connectivity index (χ1v) is 10.2. The van der Waals surface area contributed by atoms with Gasteiger partial charge in [0.2, 0.25) is 0 Å². The molecule has 0 aromatic rings. The normalized spacial score (nSPS) is 16.8. The van der Waals surface area contributed by atoms with Crippen molar-refractivity contribution in [1.82, 2.24) is 9.80 Å². The third-order valence-corrected chi connectivity index (χ3v) is 5.38. The second-order valence-electron chi connectivity index (χ2n) is 7.42. The van der Waals surface area contributed by atoms with E-state index in [2.05, 4.69) is 16.8 Å². The van der Waals surface area contributed by atoms with E-state index in [0.29, 0.717) is 0 Å². The Morgan fingerprint density at radius 2 is 1.16 bits per heavy atom. The Morgan fingerprint density at radius 1 is 0.680 bits per heavy atom. The number of hydrogen-bond acceptors (Lipinski definition) is 5. The van der Waals surface area contributed by atoms with Crippen LogP contribution in [0, 0.1) is 0 Å². The maximum absolute atomic E-state index is 5.32. The molecule has 0 amide bonds. The van der Waals surface area contributed by atoms with Crippen LogP contribution in [0.1, 0.15) is 70.6 Å². The van der Waals surface area contributed by atoms with Gasteiger partial charge in [-0.3, -0.25) is 9.80 Å². The minimum atomic E-state index is -0.843. The Hall–Kier alpha value is -0.200. The number of ether oxygens (including phenoxy) is 3. The standard InChI is InChI=1S/C20H42N2O3/c1-21-17-18-22(19-21)16-14-12-10-8-6-5-7-9-11-13-15-20(23-2,24-3)25-4/h5-19H2,1-4H3. The molecule has 1 saturated heterocycles. The fourth-order valence-corrected chi connectivity index (χ4v) is 3.62. The highest BCUT2D eigenvalue weighted by atomic mass is 16.9. The highest BCUT2D eigenvalue weighted by molar-refractivity contribution is 4.67. The van der Waals surface area contributed by atoms with Gasteiger partial charge in [-0.05, 0) is 26.4 Å². The van der Waals surface area contributed by atoms with Gasteiger partial charge in [0.05, 0.1) is 6.67 Å². The summed E-state index contributed by atoms with van der Waals surface area (Å²) in [6.45, 7) is 4.96. The van der Waals surface area contributed by atoms with Crippen molar-refractivity contribution in [3.05, 3.63) is 0 Å². The van der Waals surface area contributed by atoms with Gasteiger partial charge in [-0.2, -0.15) is 0 Å². The van der Waals surface area contributed by atoms with Gasteiger partial charge in [0.1, 0.15) is 0 Å². The Bertz CT molecular complexity index is 303. The van der Waals surface area contributed by atoms with Crippen molar-refractivity contribution < 1.29 is 14.2 Å². The molecular weight excluding hydrogens is 316 g/mol. The molecule has 5 heteroatoms. The van der Waals surface area contributed by atoms with Crippen LogP contribution in [-0.4, -0.2) is 70.5 Å². The van der Waals surface area contributed by atoms with Crippen LogP contribution >= 0.6 is 0 Å². The predicted octanol–water partition coefficient (Wildman–Crippen LogP) is 4.08. The Labute approximate surface area is 156 Å². The quantitative estimate of drug-likeness (QED) is 0.307. The summed E-state index contributed by atoms with van der Waals surface area (Å²) < 4.78 is 15.9. The summed E-state index contributed by atoms with van der Waals surface area (Å²) in [5, 5.41) is 0. The fourth-order valence-electron chi connectivity index (χ4n) is 3.62. The minimum absolute atomic E-state index is 0.795. The lowest BCUT2D eigenvalue weighted by Crippen LogP contribution is -2.35. The second-order valence-corrected chi connectivity index (χ2v) is 7.42. The van der Waals surface area contributed by atoms with Gasteiger partial charge in [0.15, 0.2) is 0 Å². The summed E-state index contributed by atoms with van der Waals surface area (Å²) in [7, 11) is 7.12. The Balaban J connectivity index is 1.81. The third kappa shape index (κ3) is 9.90. The highest BCUT2D eigenvalue weighted by Crippen LogP contribution is 2.21. The predicted molar refractivity (Wildman–Crippen MR) is 104 cm³/mol. The summed E-state index contributed by atoms with van der Waals surface area (Å²) in [5.41, 5.74) is 0. The van der Waals surface area contributed by atoms with Gasteiger partial charge in [-0.25, -0.2) is 0 Å². The zero-order valence-electron chi connectivity index (χ0n) is 17.2. The maximum Gasteiger partial charge on any atom is 0.282 e. The molecule has 0 unspecified atom stereocenters. The van der Waals surface area contributed by atoms with Crippen LogP contribution in [0.2, 0.25) is 0 Å². The number of hydrogen-bond donors (Lipinski definition) is 0. The lowest BCUT2D eigenvalue weighted by Gasteiger charge is -2.28. The number of likely N-dealkylation sites (N-methyl/N-ethyl adjacent to an activating group) is 1. The van der Waals surface area contributed by atoms with E-state index >= 15 is 0 Å². The number of methoxy groups -OCH3 is 3. The van der Waals surface area contributed by atoms with Crippen LogP contribution in [0.15, 0.2) is 0 Å². The van der Waals surface area contributed by atoms with Crippen molar-refractivity contribution in [1.29, 1.82) is 0 Å². The van der Waals surface area contributed by atoms with Crippen molar-refractivity contribution in [2.75, 3.05) is 54.7 Å². The highest BCUT2D eigenvalue weighted by Gasteiger charge is 2.28. The molecule has 25 heavy (non-hydrogen) atoms. The molecular formula is C20H42N2O3. The zero-order valence-corrected chi connectivity index (χ0v) is 17.2. The summed E-state index contributed by atoms with van der Waals surface area (Å²) in [5.74, 6) is -0.843. The van der Waals surface area contributed by atoms with Crippen molar-refractivity contribution >= 4 is 0 Å². The summed E-state index contributed by atoms with van der Waals surface area (Å²) in [6.07, 6.45) is 14.1. The molecule has 0 aromatic carbocycles. The van der Waals surface area contributed by atoms with Gasteiger partial charge in [0, 0.05) is 40.8 Å². The second kappa shape index (κ2) is 13.9. The van der Waals surface area contributed by atoms with Gasteiger partial charge < -0.3 is 14.2 Å². The molecule has 0 atom stereocenters. The molecule has 1 rings (SSSR count). The summed E-state index contributed by atoms with van der Waals surface area (Å²) in [6, 6.07) is 0. The van der Waals surface area contributed by atoms with Gasteiger partial charge in [-0.15, -0.1) is 0 Å². The van der Waals surface area contributed by atoms with Crippen LogP contribution in [0.25, 0.3) is 0 Å².